The Bertz CT molecular complexity index is 1040. The molecular formula is C20H25N7O2. The lowest BCUT2D eigenvalue weighted by Gasteiger charge is -2.23. The zero-order valence-corrected chi connectivity index (χ0v) is 16.5. The molecule has 1 N–H and O–H groups in total. The Labute approximate surface area is 168 Å². The standard InChI is InChI=1S/C20H25N7O2/c1-13-10-26(12-17-21-5-2-6-22-17)11-16(13)18-24-19-15(20(28)25-18)9-23-27(19)14-3-7-29-8-4-14/h2,5-6,9,13-14,16H,3-4,7-8,10-12H2,1H3,(H,24,25,28)/t13-,16-/m0/s1. The van der Waals surface area contributed by atoms with Gasteiger partial charge in [-0.15, -0.1) is 0 Å². The number of aromatic nitrogens is 6. The van der Waals surface area contributed by atoms with Crippen LogP contribution in [0.15, 0.2) is 29.5 Å². The van der Waals surface area contributed by atoms with E-state index in [4.69, 9.17) is 9.72 Å². The molecule has 5 heterocycles. The second kappa shape index (κ2) is 7.64. The zero-order valence-electron chi connectivity index (χ0n) is 16.5. The molecule has 0 radical (unpaired) electrons. The third-order valence-electron chi connectivity index (χ3n) is 6.04. The van der Waals surface area contributed by atoms with Crippen LogP contribution in [-0.4, -0.2) is 60.9 Å². The fourth-order valence-electron chi connectivity index (χ4n) is 4.49. The average molecular weight is 395 g/mol. The van der Waals surface area contributed by atoms with Gasteiger partial charge in [-0.25, -0.2) is 19.6 Å². The monoisotopic (exact) mass is 395 g/mol. The molecule has 3 aromatic rings. The van der Waals surface area contributed by atoms with E-state index >= 15 is 0 Å². The first-order valence-electron chi connectivity index (χ1n) is 10.2. The van der Waals surface area contributed by atoms with E-state index in [1.54, 1.807) is 18.6 Å². The summed E-state index contributed by atoms with van der Waals surface area (Å²) in [7, 11) is 0. The first-order valence-corrected chi connectivity index (χ1v) is 10.2. The molecule has 0 aliphatic carbocycles. The maximum atomic E-state index is 12.7. The third-order valence-corrected chi connectivity index (χ3v) is 6.04. The zero-order chi connectivity index (χ0) is 19.8. The lowest BCUT2D eigenvalue weighted by Crippen LogP contribution is -2.23. The largest absolute Gasteiger partial charge is 0.381 e. The van der Waals surface area contributed by atoms with Crippen LogP contribution in [0.25, 0.3) is 11.0 Å². The number of ether oxygens (including phenoxy) is 1. The molecule has 0 amide bonds. The molecule has 0 unspecified atom stereocenters. The Morgan fingerprint density at radius 3 is 2.79 bits per heavy atom. The minimum absolute atomic E-state index is 0.111. The summed E-state index contributed by atoms with van der Waals surface area (Å²) in [5.74, 6) is 2.10. The van der Waals surface area contributed by atoms with Crippen molar-refractivity contribution in [3.63, 3.8) is 0 Å². The molecule has 2 atom stereocenters. The lowest BCUT2D eigenvalue weighted by atomic mass is 9.97. The number of hydrogen-bond donors (Lipinski definition) is 1. The van der Waals surface area contributed by atoms with Gasteiger partial charge in [-0.05, 0) is 24.8 Å². The molecule has 9 heteroatoms. The van der Waals surface area contributed by atoms with Crippen molar-refractivity contribution in [2.75, 3.05) is 26.3 Å². The number of fused-ring (bicyclic) bond motifs is 1. The van der Waals surface area contributed by atoms with Crippen LogP contribution in [-0.2, 0) is 11.3 Å². The predicted molar refractivity (Wildman–Crippen MR) is 106 cm³/mol. The number of H-pyrrole nitrogens is 1. The topological polar surface area (TPSA) is 102 Å². The van der Waals surface area contributed by atoms with Gasteiger partial charge in [0.05, 0.1) is 18.8 Å². The van der Waals surface area contributed by atoms with Crippen molar-refractivity contribution in [1.29, 1.82) is 0 Å². The summed E-state index contributed by atoms with van der Waals surface area (Å²) in [6.45, 7) is 6.09. The van der Waals surface area contributed by atoms with Crippen molar-refractivity contribution < 1.29 is 4.74 Å². The fraction of sp³-hybridized carbons (Fsp3) is 0.550. The van der Waals surface area contributed by atoms with E-state index in [1.165, 1.54) is 0 Å². The summed E-state index contributed by atoms with van der Waals surface area (Å²) < 4.78 is 7.39. The van der Waals surface area contributed by atoms with Crippen LogP contribution >= 0.6 is 0 Å². The summed E-state index contributed by atoms with van der Waals surface area (Å²) in [5.41, 5.74) is 0.577. The molecule has 2 aliphatic heterocycles. The van der Waals surface area contributed by atoms with Crippen LogP contribution in [0, 0.1) is 5.92 Å². The highest BCUT2D eigenvalue weighted by atomic mass is 16.5. The number of nitrogens with zero attached hydrogens (tertiary/aromatic N) is 6. The molecular weight excluding hydrogens is 370 g/mol. The van der Waals surface area contributed by atoms with Gasteiger partial charge in [-0.2, -0.15) is 5.10 Å². The number of likely N-dealkylation sites (tertiary alicyclic amines) is 1. The Hall–Kier alpha value is -2.65. The highest BCUT2D eigenvalue weighted by molar-refractivity contribution is 5.73. The van der Waals surface area contributed by atoms with Crippen LogP contribution in [0.3, 0.4) is 0 Å². The average Bonchev–Trinajstić information content (AvgIpc) is 3.33. The van der Waals surface area contributed by atoms with Crippen LogP contribution in [0.5, 0.6) is 0 Å². The van der Waals surface area contributed by atoms with Crippen molar-refractivity contribution in [1.82, 2.24) is 34.6 Å². The van der Waals surface area contributed by atoms with Crippen LogP contribution in [0.4, 0.5) is 0 Å². The van der Waals surface area contributed by atoms with Crippen molar-refractivity contribution in [2.24, 2.45) is 5.92 Å². The second-order valence-electron chi connectivity index (χ2n) is 8.06. The summed E-state index contributed by atoms with van der Waals surface area (Å²) in [6, 6.07) is 2.06. The first-order chi connectivity index (χ1) is 14.2. The van der Waals surface area contributed by atoms with Gasteiger partial charge in [0.25, 0.3) is 5.56 Å². The SMILES string of the molecule is C[C@H]1CN(Cc2ncccn2)C[C@@H]1c1nc2c(cnn2C2CCOCC2)c(=O)[nH]1. The molecule has 0 saturated carbocycles. The minimum atomic E-state index is -0.111. The predicted octanol–water partition coefficient (Wildman–Crippen LogP) is 1.50. The Balaban J connectivity index is 1.43. The van der Waals surface area contributed by atoms with E-state index in [0.29, 0.717) is 23.5 Å². The first kappa shape index (κ1) is 18.4. The number of hydrogen-bond acceptors (Lipinski definition) is 7. The molecule has 3 aromatic heterocycles. The number of aromatic amines is 1. The van der Waals surface area contributed by atoms with E-state index in [1.807, 2.05) is 10.7 Å². The van der Waals surface area contributed by atoms with Gasteiger partial charge < -0.3 is 9.72 Å². The summed E-state index contributed by atoms with van der Waals surface area (Å²) in [5, 5.41) is 5.04. The quantitative estimate of drug-likeness (QED) is 0.714. The van der Waals surface area contributed by atoms with E-state index in [0.717, 1.165) is 50.8 Å². The Kier molecular flexibility index (Phi) is 4.84. The number of rotatable bonds is 4. The maximum absolute atomic E-state index is 12.7. The normalized spacial score (nSPS) is 23.8. The third kappa shape index (κ3) is 3.56. The van der Waals surface area contributed by atoms with Crippen LogP contribution in [0.1, 0.15) is 43.4 Å². The van der Waals surface area contributed by atoms with Crippen molar-refractivity contribution >= 4 is 11.0 Å². The summed E-state index contributed by atoms with van der Waals surface area (Å²) in [4.78, 5) is 31.6. The molecule has 0 aromatic carbocycles. The summed E-state index contributed by atoms with van der Waals surface area (Å²) >= 11 is 0. The maximum Gasteiger partial charge on any atom is 0.262 e. The van der Waals surface area contributed by atoms with Gasteiger partial charge in [0.15, 0.2) is 5.65 Å². The van der Waals surface area contributed by atoms with Gasteiger partial charge in [0, 0.05) is 44.6 Å². The minimum Gasteiger partial charge on any atom is -0.381 e. The molecule has 152 valence electrons. The van der Waals surface area contributed by atoms with E-state index in [-0.39, 0.29) is 17.5 Å². The van der Waals surface area contributed by atoms with Gasteiger partial charge >= 0.3 is 0 Å². The number of nitrogens with one attached hydrogen (secondary N) is 1. The Morgan fingerprint density at radius 2 is 2.00 bits per heavy atom. The molecule has 5 rings (SSSR count). The van der Waals surface area contributed by atoms with Gasteiger partial charge in [-0.3, -0.25) is 9.69 Å². The highest BCUT2D eigenvalue weighted by Gasteiger charge is 2.33. The smallest absolute Gasteiger partial charge is 0.262 e. The van der Waals surface area contributed by atoms with Gasteiger partial charge in [0.1, 0.15) is 17.0 Å². The molecule has 9 nitrogen and oxygen atoms in total. The molecule has 2 fully saturated rings. The van der Waals surface area contributed by atoms with E-state index in [9.17, 15) is 4.79 Å². The van der Waals surface area contributed by atoms with Gasteiger partial charge in [0.2, 0.25) is 0 Å². The molecule has 29 heavy (non-hydrogen) atoms. The van der Waals surface area contributed by atoms with E-state index < -0.39 is 0 Å². The van der Waals surface area contributed by atoms with Crippen molar-refractivity contribution in [2.45, 2.75) is 38.3 Å². The molecule has 2 saturated heterocycles. The summed E-state index contributed by atoms with van der Waals surface area (Å²) in [6.07, 6.45) is 6.96. The van der Waals surface area contributed by atoms with Crippen LogP contribution in [0.2, 0.25) is 0 Å². The fourth-order valence-corrected chi connectivity index (χ4v) is 4.49. The van der Waals surface area contributed by atoms with Gasteiger partial charge in [-0.1, -0.05) is 6.92 Å². The van der Waals surface area contributed by atoms with E-state index in [2.05, 4.69) is 31.9 Å². The molecule has 0 bridgehead atoms. The molecule has 0 spiro atoms. The Morgan fingerprint density at radius 1 is 1.21 bits per heavy atom. The highest BCUT2D eigenvalue weighted by Crippen LogP contribution is 2.31. The lowest BCUT2D eigenvalue weighted by molar-refractivity contribution is 0.0673. The molecule has 2 aliphatic rings. The van der Waals surface area contributed by atoms with Crippen LogP contribution < -0.4 is 5.56 Å². The van der Waals surface area contributed by atoms with Crippen molar-refractivity contribution in [3.05, 3.63) is 46.7 Å². The second-order valence-corrected chi connectivity index (χ2v) is 8.06. The van der Waals surface area contributed by atoms with Crippen molar-refractivity contribution in [3.8, 4) is 0 Å².